The maximum Gasteiger partial charge on any atom is 0.0124 e. The van der Waals surface area contributed by atoms with E-state index in [4.69, 9.17) is 0 Å². The first-order valence-corrected chi connectivity index (χ1v) is 7.87. The molecule has 1 saturated heterocycles. The molecule has 2 unspecified atom stereocenters. The molecule has 18 heavy (non-hydrogen) atoms. The van der Waals surface area contributed by atoms with Crippen LogP contribution in [-0.2, 0) is 0 Å². The van der Waals surface area contributed by atoms with Crippen molar-refractivity contribution in [2.75, 3.05) is 46.8 Å². The molecule has 0 aromatic carbocycles. The second-order valence-corrected chi connectivity index (χ2v) is 6.34. The minimum Gasteiger partial charge on any atom is -0.314 e. The summed E-state index contributed by atoms with van der Waals surface area (Å²) < 4.78 is 0. The Morgan fingerprint density at radius 1 is 1.06 bits per heavy atom. The molecule has 3 heteroatoms. The minimum absolute atomic E-state index is 0.920. The van der Waals surface area contributed by atoms with Crippen molar-refractivity contribution in [3.8, 4) is 0 Å². The van der Waals surface area contributed by atoms with Crippen LogP contribution in [0.5, 0.6) is 0 Å². The van der Waals surface area contributed by atoms with Crippen LogP contribution in [0.3, 0.4) is 0 Å². The molecule has 3 nitrogen and oxygen atoms in total. The normalized spacial score (nSPS) is 29.5. The number of nitrogens with zero attached hydrogens (tertiary/aromatic N) is 2. The second kappa shape index (κ2) is 7.46. The Kier molecular flexibility index (Phi) is 5.93. The number of fused-ring (bicyclic) bond motifs is 1. The van der Waals surface area contributed by atoms with Crippen LogP contribution in [0.15, 0.2) is 0 Å². The first-order chi connectivity index (χ1) is 8.77. The average Bonchev–Trinajstić information content (AvgIpc) is 2.38. The van der Waals surface area contributed by atoms with Gasteiger partial charge in [0.15, 0.2) is 0 Å². The third kappa shape index (κ3) is 4.22. The van der Waals surface area contributed by atoms with Crippen LogP contribution >= 0.6 is 0 Å². The largest absolute Gasteiger partial charge is 0.314 e. The number of hydrogen-bond acceptors (Lipinski definition) is 3. The highest BCUT2D eigenvalue weighted by Crippen LogP contribution is 2.34. The summed E-state index contributed by atoms with van der Waals surface area (Å²) >= 11 is 0. The number of nitrogens with one attached hydrogen (secondary N) is 1. The van der Waals surface area contributed by atoms with E-state index in [1.165, 1.54) is 51.6 Å². The van der Waals surface area contributed by atoms with Crippen LogP contribution in [0.1, 0.15) is 38.5 Å². The van der Waals surface area contributed by atoms with Crippen LogP contribution in [0.25, 0.3) is 0 Å². The van der Waals surface area contributed by atoms with E-state index >= 15 is 0 Å². The predicted molar refractivity (Wildman–Crippen MR) is 78.0 cm³/mol. The number of likely N-dealkylation sites (tertiary alicyclic amines) is 1. The molecule has 1 aliphatic heterocycles. The maximum absolute atomic E-state index is 3.58. The lowest BCUT2D eigenvalue weighted by Crippen LogP contribution is -2.49. The fourth-order valence-corrected chi connectivity index (χ4v) is 3.66. The summed E-state index contributed by atoms with van der Waals surface area (Å²) in [5.41, 5.74) is 0. The highest BCUT2D eigenvalue weighted by atomic mass is 15.2. The molecular formula is C15H31N3. The van der Waals surface area contributed by atoms with Crippen molar-refractivity contribution >= 4 is 0 Å². The Morgan fingerprint density at radius 2 is 1.83 bits per heavy atom. The summed E-state index contributed by atoms with van der Waals surface area (Å²) in [6.45, 7) is 6.03. The van der Waals surface area contributed by atoms with Gasteiger partial charge in [-0.15, -0.1) is 0 Å². The fourth-order valence-electron chi connectivity index (χ4n) is 3.66. The first kappa shape index (κ1) is 14.3. The molecule has 0 aromatic heterocycles. The Bertz CT molecular complexity index is 228. The van der Waals surface area contributed by atoms with Crippen molar-refractivity contribution in [1.29, 1.82) is 0 Å². The van der Waals surface area contributed by atoms with Gasteiger partial charge in [0.1, 0.15) is 0 Å². The summed E-state index contributed by atoms with van der Waals surface area (Å²) in [4.78, 5) is 5.01. The molecule has 0 amide bonds. The van der Waals surface area contributed by atoms with E-state index in [2.05, 4.69) is 29.2 Å². The van der Waals surface area contributed by atoms with E-state index in [0.717, 1.165) is 31.6 Å². The minimum atomic E-state index is 0.920. The number of likely N-dealkylation sites (N-methyl/N-ethyl adjacent to an activating group) is 1. The lowest BCUT2D eigenvalue weighted by Gasteiger charge is -2.44. The molecule has 2 aliphatic rings. The molecule has 2 rings (SSSR count). The number of piperidine rings is 1. The van der Waals surface area contributed by atoms with Crippen LogP contribution in [0.2, 0.25) is 0 Å². The van der Waals surface area contributed by atoms with E-state index in [1.807, 2.05) is 0 Å². The van der Waals surface area contributed by atoms with Gasteiger partial charge in [0.25, 0.3) is 0 Å². The molecule has 2 fully saturated rings. The first-order valence-electron chi connectivity index (χ1n) is 7.87. The molecule has 1 aliphatic carbocycles. The van der Waals surface area contributed by atoms with Crippen molar-refractivity contribution < 1.29 is 0 Å². The van der Waals surface area contributed by atoms with E-state index < -0.39 is 0 Å². The van der Waals surface area contributed by atoms with Gasteiger partial charge in [0.2, 0.25) is 0 Å². The smallest absolute Gasteiger partial charge is 0.0124 e. The Labute approximate surface area is 113 Å². The van der Waals surface area contributed by atoms with Gasteiger partial charge < -0.3 is 10.2 Å². The lowest BCUT2D eigenvalue weighted by molar-refractivity contribution is 0.0618. The van der Waals surface area contributed by atoms with Gasteiger partial charge in [-0.1, -0.05) is 12.8 Å². The lowest BCUT2D eigenvalue weighted by atomic mass is 9.78. The van der Waals surface area contributed by atoms with Gasteiger partial charge in [-0.3, -0.25) is 4.90 Å². The predicted octanol–water partition coefficient (Wildman–Crippen LogP) is 1.79. The molecule has 0 radical (unpaired) electrons. The van der Waals surface area contributed by atoms with Gasteiger partial charge in [-0.05, 0) is 52.2 Å². The van der Waals surface area contributed by atoms with Crippen molar-refractivity contribution in [3.05, 3.63) is 0 Å². The molecule has 1 heterocycles. The van der Waals surface area contributed by atoms with Crippen molar-refractivity contribution in [1.82, 2.24) is 15.1 Å². The van der Waals surface area contributed by atoms with Crippen molar-refractivity contribution in [3.63, 3.8) is 0 Å². The summed E-state index contributed by atoms with van der Waals surface area (Å²) in [5, 5.41) is 3.58. The zero-order valence-corrected chi connectivity index (χ0v) is 12.3. The molecule has 0 bridgehead atoms. The summed E-state index contributed by atoms with van der Waals surface area (Å²) in [6.07, 6.45) is 8.83. The van der Waals surface area contributed by atoms with Crippen LogP contribution < -0.4 is 5.32 Å². The molecule has 1 saturated carbocycles. The number of hydrogen-bond donors (Lipinski definition) is 1. The van der Waals surface area contributed by atoms with E-state index in [-0.39, 0.29) is 0 Å². The Balaban J connectivity index is 1.65. The Hall–Kier alpha value is -0.120. The third-order valence-corrected chi connectivity index (χ3v) is 4.67. The van der Waals surface area contributed by atoms with Gasteiger partial charge >= 0.3 is 0 Å². The van der Waals surface area contributed by atoms with Gasteiger partial charge in [-0.25, -0.2) is 0 Å². The third-order valence-electron chi connectivity index (χ3n) is 4.67. The number of rotatable bonds is 6. The zero-order valence-electron chi connectivity index (χ0n) is 12.3. The summed E-state index contributed by atoms with van der Waals surface area (Å²) in [5.74, 6) is 1.02. The van der Waals surface area contributed by atoms with Crippen molar-refractivity contribution in [2.24, 2.45) is 5.92 Å². The van der Waals surface area contributed by atoms with Gasteiger partial charge in [-0.2, -0.15) is 0 Å². The second-order valence-electron chi connectivity index (χ2n) is 6.34. The van der Waals surface area contributed by atoms with Crippen molar-refractivity contribution in [2.45, 2.75) is 44.6 Å². The molecule has 106 valence electrons. The highest BCUT2D eigenvalue weighted by molar-refractivity contribution is 4.87. The van der Waals surface area contributed by atoms with Crippen LogP contribution in [0, 0.1) is 5.92 Å². The maximum atomic E-state index is 3.58. The SMILES string of the molecule is CN(C)CCNCCN1CCCC2CCCCC21. The monoisotopic (exact) mass is 253 g/mol. The van der Waals surface area contributed by atoms with E-state index in [1.54, 1.807) is 0 Å². The topological polar surface area (TPSA) is 18.5 Å². The molecule has 2 atom stereocenters. The average molecular weight is 253 g/mol. The fraction of sp³-hybridized carbons (Fsp3) is 1.00. The molecular weight excluding hydrogens is 222 g/mol. The Morgan fingerprint density at radius 3 is 2.67 bits per heavy atom. The zero-order chi connectivity index (χ0) is 12.8. The van der Waals surface area contributed by atoms with Gasteiger partial charge in [0.05, 0.1) is 0 Å². The van der Waals surface area contributed by atoms with E-state index in [9.17, 15) is 0 Å². The standard InChI is InChI=1S/C15H31N3/c1-17(2)12-9-16-10-13-18-11-5-7-14-6-3-4-8-15(14)18/h14-16H,3-13H2,1-2H3. The summed E-state index contributed by atoms with van der Waals surface area (Å²) in [6, 6.07) is 0.920. The van der Waals surface area contributed by atoms with Crippen LogP contribution in [0.4, 0.5) is 0 Å². The molecule has 0 aromatic rings. The van der Waals surface area contributed by atoms with Gasteiger partial charge in [0, 0.05) is 32.2 Å². The van der Waals surface area contributed by atoms with Crippen LogP contribution in [-0.4, -0.2) is 62.7 Å². The van der Waals surface area contributed by atoms with E-state index in [0.29, 0.717) is 0 Å². The quantitative estimate of drug-likeness (QED) is 0.728. The highest BCUT2D eigenvalue weighted by Gasteiger charge is 2.32. The molecule has 0 spiro atoms. The molecule has 1 N–H and O–H groups in total. The summed E-state index contributed by atoms with van der Waals surface area (Å²) in [7, 11) is 4.28.